The number of hydrogen-bond donors (Lipinski definition) is 1. The molecule has 0 amide bonds. The van der Waals surface area contributed by atoms with Crippen LogP contribution in [-0.4, -0.2) is 44.6 Å². The molecule has 1 atom stereocenters. The topological polar surface area (TPSA) is 72.5 Å². The van der Waals surface area contributed by atoms with Gasteiger partial charge in [0.2, 0.25) is 0 Å². The summed E-state index contributed by atoms with van der Waals surface area (Å²) in [7, 11) is -1.81. The Kier molecular flexibility index (Phi) is 3.96. The Balaban J connectivity index is 2.13. The molecule has 1 N–H and O–H groups in total. The van der Waals surface area contributed by atoms with Crippen LogP contribution in [-0.2, 0) is 19.4 Å². The molecule has 0 aromatic rings. The van der Waals surface area contributed by atoms with Crippen LogP contribution in [0.3, 0.4) is 0 Å². The van der Waals surface area contributed by atoms with E-state index in [9.17, 15) is 13.2 Å². The van der Waals surface area contributed by atoms with Crippen molar-refractivity contribution in [2.75, 3.05) is 18.6 Å². The molecular weight excluding hydrogens is 254 g/mol. The summed E-state index contributed by atoms with van der Waals surface area (Å²) in [5.41, 5.74) is -1.00. The molecule has 0 aromatic heterocycles. The second kappa shape index (κ2) is 5.17. The normalized spacial score (nSPS) is 32.3. The van der Waals surface area contributed by atoms with E-state index in [0.29, 0.717) is 6.42 Å². The monoisotopic (exact) mass is 275 g/mol. The van der Waals surface area contributed by atoms with Crippen molar-refractivity contribution in [1.29, 1.82) is 0 Å². The predicted octanol–water partition coefficient (Wildman–Crippen LogP) is 0.639. The summed E-state index contributed by atoms with van der Waals surface area (Å²) < 4.78 is 28.1. The van der Waals surface area contributed by atoms with E-state index in [1.165, 1.54) is 13.5 Å². The second-order valence-electron chi connectivity index (χ2n) is 5.39. The molecule has 2 aliphatic rings. The van der Waals surface area contributed by atoms with Gasteiger partial charge in [-0.25, -0.2) is 8.42 Å². The highest BCUT2D eigenvalue weighted by molar-refractivity contribution is 7.91. The van der Waals surface area contributed by atoms with Gasteiger partial charge in [-0.15, -0.1) is 0 Å². The molecule has 2 fully saturated rings. The molecule has 104 valence electrons. The molecule has 5 nitrogen and oxygen atoms in total. The third-order valence-corrected chi connectivity index (χ3v) is 5.73. The number of carbonyl (C=O) groups excluding carboxylic acids is 1. The minimum atomic E-state index is -3.12. The summed E-state index contributed by atoms with van der Waals surface area (Å²) in [5, 5.41) is 3.28. The zero-order chi connectivity index (χ0) is 13.2. The Morgan fingerprint density at radius 1 is 1.28 bits per heavy atom. The summed E-state index contributed by atoms with van der Waals surface area (Å²) in [4.78, 5) is 11.9. The van der Waals surface area contributed by atoms with Gasteiger partial charge in [-0.3, -0.25) is 10.1 Å². The van der Waals surface area contributed by atoms with Gasteiger partial charge in [-0.2, -0.15) is 0 Å². The van der Waals surface area contributed by atoms with Crippen molar-refractivity contribution in [2.24, 2.45) is 0 Å². The zero-order valence-electron chi connectivity index (χ0n) is 10.8. The van der Waals surface area contributed by atoms with Crippen molar-refractivity contribution in [3.05, 3.63) is 0 Å². The van der Waals surface area contributed by atoms with Crippen LogP contribution in [0.15, 0.2) is 0 Å². The largest absolute Gasteiger partial charge is 0.468 e. The van der Waals surface area contributed by atoms with Crippen molar-refractivity contribution in [2.45, 2.75) is 50.1 Å². The van der Waals surface area contributed by atoms with E-state index in [1.807, 2.05) is 0 Å². The van der Waals surface area contributed by atoms with Crippen LogP contribution in [0.2, 0.25) is 0 Å². The van der Waals surface area contributed by atoms with Crippen molar-refractivity contribution in [3.63, 3.8) is 0 Å². The quantitative estimate of drug-likeness (QED) is 0.765. The minimum Gasteiger partial charge on any atom is -0.468 e. The van der Waals surface area contributed by atoms with Crippen molar-refractivity contribution >= 4 is 15.8 Å². The summed E-state index contributed by atoms with van der Waals surface area (Å²) in [6.07, 6.45) is 5.86. The van der Waals surface area contributed by atoms with Gasteiger partial charge in [-0.1, -0.05) is 19.3 Å². The smallest absolute Gasteiger partial charge is 0.327 e. The Morgan fingerprint density at radius 2 is 1.94 bits per heavy atom. The van der Waals surface area contributed by atoms with Crippen LogP contribution in [0, 0.1) is 0 Å². The first kappa shape index (κ1) is 13.8. The van der Waals surface area contributed by atoms with E-state index in [0.717, 1.165) is 25.7 Å². The highest BCUT2D eigenvalue weighted by Gasteiger charge is 2.50. The summed E-state index contributed by atoms with van der Waals surface area (Å²) in [6.45, 7) is 0. The van der Waals surface area contributed by atoms with E-state index in [1.54, 1.807) is 0 Å². The zero-order valence-corrected chi connectivity index (χ0v) is 11.6. The Morgan fingerprint density at radius 3 is 2.44 bits per heavy atom. The SMILES string of the molecule is COC(=O)C1(NC2CCCCC2)CCS(=O)(=O)C1. The van der Waals surface area contributed by atoms with Crippen molar-refractivity contribution in [1.82, 2.24) is 5.32 Å². The number of carbonyl (C=O) groups is 1. The number of hydrogen-bond acceptors (Lipinski definition) is 5. The molecule has 2 rings (SSSR count). The van der Waals surface area contributed by atoms with Crippen molar-refractivity contribution in [3.8, 4) is 0 Å². The fourth-order valence-corrected chi connectivity index (χ4v) is 4.92. The lowest BCUT2D eigenvalue weighted by Gasteiger charge is -2.33. The van der Waals surface area contributed by atoms with Gasteiger partial charge < -0.3 is 4.74 Å². The number of sulfone groups is 1. The van der Waals surface area contributed by atoms with Crippen LogP contribution in [0.5, 0.6) is 0 Å². The highest BCUT2D eigenvalue weighted by Crippen LogP contribution is 2.28. The first-order valence-corrected chi connectivity index (χ1v) is 8.36. The fraction of sp³-hybridized carbons (Fsp3) is 0.917. The summed E-state index contributed by atoms with van der Waals surface area (Å²) >= 11 is 0. The minimum absolute atomic E-state index is 0.0713. The molecule has 1 saturated heterocycles. The van der Waals surface area contributed by atoms with E-state index < -0.39 is 21.3 Å². The van der Waals surface area contributed by atoms with E-state index in [2.05, 4.69) is 5.32 Å². The predicted molar refractivity (Wildman–Crippen MR) is 68.0 cm³/mol. The summed E-state index contributed by atoms with van der Waals surface area (Å²) in [5.74, 6) is -0.487. The third kappa shape index (κ3) is 2.85. The van der Waals surface area contributed by atoms with E-state index in [-0.39, 0.29) is 17.5 Å². The fourth-order valence-electron chi connectivity index (χ4n) is 3.02. The molecular formula is C12H21NO4S. The van der Waals surface area contributed by atoms with Gasteiger partial charge in [0, 0.05) is 6.04 Å². The van der Waals surface area contributed by atoms with E-state index in [4.69, 9.17) is 4.74 Å². The number of methoxy groups -OCH3 is 1. The lowest BCUT2D eigenvalue weighted by atomic mass is 9.91. The first-order valence-electron chi connectivity index (χ1n) is 6.54. The van der Waals surface area contributed by atoms with Crippen LogP contribution >= 0.6 is 0 Å². The lowest BCUT2D eigenvalue weighted by Crippen LogP contribution is -2.57. The number of ether oxygens (including phenoxy) is 1. The average Bonchev–Trinajstić information content (AvgIpc) is 2.66. The molecule has 18 heavy (non-hydrogen) atoms. The standard InChI is InChI=1S/C12H21NO4S/c1-17-11(14)12(7-8-18(15,16)9-12)13-10-5-3-2-4-6-10/h10,13H,2-9H2,1H3. The van der Waals surface area contributed by atoms with E-state index >= 15 is 0 Å². The van der Waals surface area contributed by atoms with Gasteiger partial charge >= 0.3 is 5.97 Å². The molecule has 0 spiro atoms. The molecule has 0 bridgehead atoms. The Labute approximate surface area is 108 Å². The molecule has 0 aromatic carbocycles. The molecule has 1 saturated carbocycles. The maximum absolute atomic E-state index is 11.9. The lowest BCUT2D eigenvalue weighted by molar-refractivity contribution is -0.148. The average molecular weight is 275 g/mol. The molecule has 0 radical (unpaired) electrons. The van der Waals surface area contributed by atoms with Crippen LogP contribution < -0.4 is 5.32 Å². The number of esters is 1. The first-order chi connectivity index (χ1) is 8.47. The van der Waals surface area contributed by atoms with Crippen LogP contribution in [0.1, 0.15) is 38.5 Å². The number of nitrogens with one attached hydrogen (secondary N) is 1. The molecule has 1 unspecified atom stereocenters. The number of rotatable bonds is 3. The molecule has 1 aliphatic heterocycles. The molecule has 1 heterocycles. The molecule has 1 aliphatic carbocycles. The van der Waals surface area contributed by atoms with Gasteiger partial charge in [0.05, 0.1) is 18.6 Å². The maximum Gasteiger partial charge on any atom is 0.327 e. The summed E-state index contributed by atoms with van der Waals surface area (Å²) in [6, 6.07) is 0.242. The second-order valence-corrected chi connectivity index (χ2v) is 7.58. The third-order valence-electron chi connectivity index (χ3n) is 3.97. The maximum atomic E-state index is 11.9. The van der Waals surface area contributed by atoms with Gasteiger partial charge in [0.1, 0.15) is 5.54 Å². The van der Waals surface area contributed by atoms with Gasteiger partial charge in [0.25, 0.3) is 0 Å². The van der Waals surface area contributed by atoms with Gasteiger partial charge in [-0.05, 0) is 19.3 Å². The van der Waals surface area contributed by atoms with Crippen molar-refractivity contribution < 1.29 is 17.9 Å². The highest BCUT2D eigenvalue weighted by atomic mass is 32.2. The van der Waals surface area contributed by atoms with Gasteiger partial charge in [0.15, 0.2) is 9.84 Å². The van der Waals surface area contributed by atoms with Crippen LogP contribution in [0.25, 0.3) is 0 Å². The Bertz CT molecular complexity index is 414. The van der Waals surface area contributed by atoms with Crippen LogP contribution in [0.4, 0.5) is 0 Å². The Hall–Kier alpha value is -0.620. The molecule has 6 heteroatoms.